The molecule has 0 aliphatic heterocycles. The Morgan fingerprint density at radius 1 is 0.492 bits per heavy atom. The molecule has 0 unspecified atom stereocenters. The van der Waals surface area contributed by atoms with Gasteiger partial charge >= 0.3 is 0 Å². The number of carbonyl (C=O) groups is 1. The number of hydrogen-bond donors (Lipinski definition) is 4. The number of nitrogens with two attached hydrogens (primary N) is 2. The Labute approximate surface area is 374 Å². The molecular formula is C52H42N12O. The molecule has 65 heavy (non-hydrogen) atoms. The smallest absolute Gasteiger partial charge is 0.221 e. The second-order valence-corrected chi connectivity index (χ2v) is 15.0. The highest BCUT2D eigenvalue weighted by atomic mass is 16.1. The Morgan fingerprint density at radius 3 is 1.46 bits per heavy atom. The highest BCUT2D eigenvalue weighted by Crippen LogP contribution is 2.36. The minimum absolute atomic E-state index is 0.108. The van der Waals surface area contributed by atoms with E-state index in [-0.39, 0.29) is 6.42 Å². The molecule has 0 fully saturated rings. The van der Waals surface area contributed by atoms with Gasteiger partial charge in [0.2, 0.25) is 5.91 Å². The monoisotopic (exact) mass is 850 g/mol. The molecular weight excluding hydrogens is 809 g/mol. The molecule has 13 heteroatoms. The molecule has 316 valence electrons. The number of anilines is 3. The molecule has 6 aromatic heterocycles. The van der Waals surface area contributed by atoms with Crippen LogP contribution in [0.5, 0.6) is 0 Å². The first-order chi connectivity index (χ1) is 31.9. The molecule has 6 heterocycles. The van der Waals surface area contributed by atoms with Gasteiger partial charge < -0.3 is 22.1 Å². The molecule has 0 aliphatic carbocycles. The zero-order valence-corrected chi connectivity index (χ0v) is 35.1. The summed E-state index contributed by atoms with van der Waals surface area (Å²) in [4.78, 5) is 48.1. The Morgan fingerprint density at radius 2 is 0.985 bits per heavy atom. The molecule has 1 amide bonds. The van der Waals surface area contributed by atoms with Crippen molar-refractivity contribution in [2.45, 2.75) is 19.5 Å². The van der Waals surface area contributed by atoms with Gasteiger partial charge in [0.05, 0.1) is 58.4 Å². The zero-order valence-electron chi connectivity index (χ0n) is 35.1. The SMILES string of the molecule is NC(=O)Cc1cncc(-c2nc(NCc3ccccn3)c3c(-c4ccccc4)cccc3n2)c1.Nc1cncc(-c2nc(NCc3ccccn3)c3c(-c4ccccc4)cccc3n2)c1. The lowest BCUT2D eigenvalue weighted by Crippen LogP contribution is -2.13. The number of rotatable bonds is 12. The second-order valence-electron chi connectivity index (χ2n) is 15.0. The van der Waals surface area contributed by atoms with Gasteiger partial charge in [0, 0.05) is 48.3 Å². The van der Waals surface area contributed by atoms with Crippen LogP contribution < -0.4 is 22.1 Å². The summed E-state index contributed by atoms with van der Waals surface area (Å²) in [5.41, 5.74) is 21.8. The van der Waals surface area contributed by atoms with Crippen molar-refractivity contribution in [3.8, 4) is 45.0 Å². The van der Waals surface area contributed by atoms with E-state index in [4.69, 9.17) is 31.4 Å². The van der Waals surface area contributed by atoms with Gasteiger partial charge in [-0.3, -0.25) is 24.7 Å². The van der Waals surface area contributed by atoms with E-state index < -0.39 is 5.91 Å². The molecule has 0 atom stereocenters. The van der Waals surface area contributed by atoms with Crippen LogP contribution in [0, 0.1) is 0 Å². The lowest BCUT2D eigenvalue weighted by Gasteiger charge is -2.14. The van der Waals surface area contributed by atoms with Crippen LogP contribution in [0.15, 0.2) is 183 Å². The van der Waals surface area contributed by atoms with Gasteiger partial charge in [0.15, 0.2) is 11.6 Å². The van der Waals surface area contributed by atoms with E-state index in [0.717, 1.165) is 72.4 Å². The predicted molar refractivity (Wildman–Crippen MR) is 257 cm³/mol. The van der Waals surface area contributed by atoms with Gasteiger partial charge in [0.25, 0.3) is 0 Å². The van der Waals surface area contributed by atoms with Crippen molar-refractivity contribution in [2.24, 2.45) is 5.73 Å². The molecule has 0 aliphatic rings. The van der Waals surface area contributed by atoms with Crippen LogP contribution in [0.25, 0.3) is 66.8 Å². The molecule has 0 radical (unpaired) electrons. The van der Waals surface area contributed by atoms with Crippen LogP contribution in [0.1, 0.15) is 17.0 Å². The number of hydrogen-bond acceptors (Lipinski definition) is 12. The summed E-state index contributed by atoms with van der Waals surface area (Å²) >= 11 is 0. The maximum atomic E-state index is 11.4. The Hall–Kier alpha value is -8.97. The van der Waals surface area contributed by atoms with Crippen LogP contribution in [0.3, 0.4) is 0 Å². The van der Waals surface area contributed by atoms with Gasteiger partial charge in [-0.2, -0.15) is 0 Å². The third-order valence-corrected chi connectivity index (χ3v) is 10.4. The number of benzene rings is 4. The van der Waals surface area contributed by atoms with Crippen molar-refractivity contribution in [1.82, 2.24) is 39.9 Å². The van der Waals surface area contributed by atoms with E-state index in [9.17, 15) is 4.79 Å². The molecule has 0 spiro atoms. The zero-order chi connectivity index (χ0) is 44.4. The Bertz CT molecular complexity index is 3230. The summed E-state index contributed by atoms with van der Waals surface area (Å²) in [5, 5.41) is 8.83. The largest absolute Gasteiger partial charge is 0.397 e. The average Bonchev–Trinajstić information content (AvgIpc) is 3.35. The number of nitrogen functional groups attached to an aromatic ring is 1. The molecule has 10 rings (SSSR count). The van der Waals surface area contributed by atoms with Gasteiger partial charge in [-0.25, -0.2) is 19.9 Å². The van der Waals surface area contributed by atoms with E-state index in [0.29, 0.717) is 41.8 Å². The molecule has 0 saturated heterocycles. The minimum Gasteiger partial charge on any atom is -0.397 e. The number of nitrogens with one attached hydrogen (secondary N) is 2. The number of amides is 1. The van der Waals surface area contributed by atoms with E-state index >= 15 is 0 Å². The Balaban J connectivity index is 0.000000165. The molecule has 6 N–H and O–H groups in total. The molecule has 0 bridgehead atoms. The summed E-state index contributed by atoms with van der Waals surface area (Å²) in [6, 6.07) is 47.9. The summed E-state index contributed by atoms with van der Waals surface area (Å²) < 4.78 is 0. The van der Waals surface area contributed by atoms with E-state index in [1.165, 1.54) is 0 Å². The van der Waals surface area contributed by atoms with Crippen LogP contribution in [-0.2, 0) is 24.3 Å². The molecule has 4 aromatic carbocycles. The quantitative estimate of drug-likeness (QED) is 0.0911. The first-order valence-corrected chi connectivity index (χ1v) is 20.9. The lowest BCUT2D eigenvalue weighted by atomic mass is 10.0. The van der Waals surface area contributed by atoms with E-state index in [1.54, 1.807) is 37.2 Å². The second kappa shape index (κ2) is 19.4. The highest BCUT2D eigenvalue weighted by molar-refractivity contribution is 6.03. The minimum atomic E-state index is -0.413. The van der Waals surface area contributed by atoms with Crippen LogP contribution in [-0.4, -0.2) is 45.8 Å². The van der Waals surface area contributed by atoms with Gasteiger partial charge in [-0.1, -0.05) is 97.1 Å². The summed E-state index contributed by atoms with van der Waals surface area (Å²) in [6.45, 7) is 1.06. The van der Waals surface area contributed by atoms with Crippen molar-refractivity contribution in [1.29, 1.82) is 0 Å². The van der Waals surface area contributed by atoms with Crippen LogP contribution in [0.4, 0.5) is 17.3 Å². The topological polar surface area (TPSA) is 196 Å². The molecule has 10 aromatic rings. The number of carbonyl (C=O) groups excluding carboxylic acids is 1. The number of nitrogens with zero attached hydrogens (tertiary/aromatic N) is 8. The maximum absolute atomic E-state index is 11.4. The van der Waals surface area contributed by atoms with Crippen LogP contribution in [0.2, 0.25) is 0 Å². The molecule has 13 nitrogen and oxygen atoms in total. The summed E-state index contributed by atoms with van der Waals surface area (Å²) in [5.74, 6) is 2.11. The van der Waals surface area contributed by atoms with Crippen molar-refractivity contribution in [3.63, 3.8) is 0 Å². The third kappa shape index (κ3) is 9.90. The van der Waals surface area contributed by atoms with Gasteiger partial charge in [0.1, 0.15) is 11.6 Å². The van der Waals surface area contributed by atoms with Crippen molar-refractivity contribution < 1.29 is 4.79 Å². The summed E-state index contributed by atoms with van der Waals surface area (Å²) in [6.07, 6.45) is 10.3. The van der Waals surface area contributed by atoms with Gasteiger partial charge in [-0.05, 0) is 76.3 Å². The third-order valence-electron chi connectivity index (χ3n) is 10.4. The van der Waals surface area contributed by atoms with Crippen molar-refractivity contribution in [2.75, 3.05) is 16.4 Å². The standard InChI is InChI=1S/C27H22N6O.C25H20N6/c28-24(34)14-18-13-20(16-29-15-18)26-32-23-11-6-10-22(19-7-2-1-3-8-19)25(23)27(33-26)31-17-21-9-4-5-12-30-21;26-19-13-18(14-27-15-19)24-30-22-11-6-10-21(17-7-2-1-3-8-17)23(22)25(31-24)29-16-20-9-4-5-12-28-20/h1-13,15-16H,14,17H2,(H2,28,34)(H,31,32,33);1-15H,16,26H2,(H,29,30,31). The normalized spacial score (nSPS) is 10.8. The predicted octanol–water partition coefficient (Wildman–Crippen LogP) is 9.34. The number of primary amides is 1. The number of fused-ring (bicyclic) bond motifs is 2. The highest BCUT2D eigenvalue weighted by Gasteiger charge is 2.17. The maximum Gasteiger partial charge on any atom is 0.221 e. The first-order valence-electron chi connectivity index (χ1n) is 20.9. The number of aromatic nitrogens is 8. The first kappa shape index (κ1) is 41.4. The fourth-order valence-electron chi connectivity index (χ4n) is 7.44. The lowest BCUT2D eigenvalue weighted by molar-refractivity contribution is -0.117. The van der Waals surface area contributed by atoms with Gasteiger partial charge in [-0.15, -0.1) is 0 Å². The molecule has 0 saturated carbocycles. The fraction of sp³-hybridized carbons (Fsp3) is 0.0577. The summed E-state index contributed by atoms with van der Waals surface area (Å²) in [7, 11) is 0. The van der Waals surface area contributed by atoms with E-state index in [1.807, 2.05) is 109 Å². The average molecular weight is 851 g/mol. The number of pyridine rings is 4. The van der Waals surface area contributed by atoms with E-state index in [2.05, 4.69) is 67.0 Å². The van der Waals surface area contributed by atoms with Crippen molar-refractivity contribution in [3.05, 3.63) is 200 Å². The Kier molecular flexibility index (Phi) is 12.3. The van der Waals surface area contributed by atoms with Crippen LogP contribution >= 0.6 is 0 Å². The van der Waals surface area contributed by atoms with Crippen molar-refractivity contribution >= 4 is 45.0 Å². The fourth-order valence-corrected chi connectivity index (χ4v) is 7.44.